The first-order chi connectivity index (χ1) is 18.8. The first-order valence-corrected chi connectivity index (χ1v) is 13.1. The number of sulfonamides is 1. The first-order valence-electron chi connectivity index (χ1n) is 12.8. The highest BCUT2D eigenvalue weighted by Gasteiger charge is 2.30. The van der Waals surface area contributed by atoms with Crippen LogP contribution in [0.1, 0.15) is 27.4 Å². The predicted molar refractivity (Wildman–Crippen MR) is 137 cm³/mol. The SMILES string of the molecule is [2H]C([2H])([2H])NC(=O)c1nnc(NC(=O)C2CC2)cc1Nc1cccc(-c2cnn(CCNS(C)(=O)=O)c2)c1OC. The molecular formula is C23H28N8O5S. The van der Waals surface area contributed by atoms with E-state index in [1.54, 1.807) is 35.3 Å². The number of nitrogens with one attached hydrogen (secondary N) is 4. The number of rotatable bonds is 11. The van der Waals surface area contributed by atoms with Crippen molar-refractivity contribution < 1.29 is 26.9 Å². The van der Waals surface area contributed by atoms with Crippen molar-refractivity contribution >= 4 is 39.0 Å². The second-order valence-corrected chi connectivity index (χ2v) is 10.2. The zero-order chi connectivity index (χ0) is 29.1. The molecule has 2 amide bonds. The number of aromatic nitrogens is 4. The van der Waals surface area contributed by atoms with Gasteiger partial charge in [0, 0.05) is 46.9 Å². The summed E-state index contributed by atoms with van der Waals surface area (Å²) < 4.78 is 54.4. The molecule has 1 aromatic carbocycles. The van der Waals surface area contributed by atoms with Crippen molar-refractivity contribution in [3.05, 3.63) is 42.4 Å². The fraction of sp³-hybridized carbons (Fsp3) is 0.348. The molecule has 1 saturated carbocycles. The number of amides is 2. The Hall–Kier alpha value is -4.04. The molecule has 37 heavy (non-hydrogen) atoms. The van der Waals surface area contributed by atoms with Crippen LogP contribution in [-0.4, -0.2) is 67.1 Å². The van der Waals surface area contributed by atoms with Crippen molar-refractivity contribution in [1.82, 2.24) is 30.0 Å². The predicted octanol–water partition coefficient (Wildman–Crippen LogP) is 1.35. The molecule has 4 rings (SSSR count). The maximum Gasteiger partial charge on any atom is 0.273 e. The van der Waals surface area contributed by atoms with Gasteiger partial charge in [0.05, 0.1) is 37.5 Å². The van der Waals surface area contributed by atoms with E-state index in [4.69, 9.17) is 8.85 Å². The van der Waals surface area contributed by atoms with Gasteiger partial charge in [0.15, 0.2) is 11.5 Å². The van der Waals surface area contributed by atoms with E-state index in [1.165, 1.54) is 13.2 Å². The van der Waals surface area contributed by atoms with Gasteiger partial charge in [0.2, 0.25) is 15.9 Å². The van der Waals surface area contributed by atoms with E-state index in [-0.39, 0.29) is 35.6 Å². The van der Waals surface area contributed by atoms with Crippen molar-refractivity contribution in [3.63, 3.8) is 0 Å². The van der Waals surface area contributed by atoms with Crippen molar-refractivity contribution in [2.75, 3.05) is 37.5 Å². The number of benzene rings is 1. The normalized spacial score (nSPS) is 14.7. The Morgan fingerprint density at radius 1 is 1.24 bits per heavy atom. The molecule has 0 spiro atoms. The minimum Gasteiger partial charge on any atom is -0.494 e. The zero-order valence-electron chi connectivity index (χ0n) is 23.1. The molecule has 4 N–H and O–H groups in total. The Morgan fingerprint density at radius 3 is 2.76 bits per heavy atom. The third-order valence-corrected chi connectivity index (χ3v) is 6.19. The van der Waals surface area contributed by atoms with Gasteiger partial charge in [-0.05, 0) is 18.9 Å². The molecule has 2 aromatic heterocycles. The minimum atomic E-state index is -3.33. The van der Waals surface area contributed by atoms with Gasteiger partial charge in [-0.15, -0.1) is 10.2 Å². The number of carbonyl (C=O) groups is 2. The lowest BCUT2D eigenvalue weighted by Crippen LogP contribution is -2.26. The monoisotopic (exact) mass is 531 g/mol. The van der Waals surface area contributed by atoms with Crippen LogP contribution in [0.2, 0.25) is 0 Å². The molecule has 13 nitrogen and oxygen atoms in total. The molecule has 14 heteroatoms. The third kappa shape index (κ3) is 6.59. The summed E-state index contributed by atoms with van der Waals surface area (Å²) in [4.78, 5) is 25.0. The van der Waals surface area contributed by atoms with E-state index in [9.17, 15) is 18.0 Å². The number of carbonyl (C=O) groups excluding carboxylic acids is 2. The maximum absolute atomic E-state index is 12.7. The summed E-state index contributed by atoms with van der Waals surface area (Å²) in [5.41, 5.74) is 1.49. The van der Waals surface area contributed by atoms with Crippen molar-refractivity contribution in [2.45, 2.75) is 19.4 Å². The van der Waals surface area contributed by atoms with Crippen LogP contribution >= 0.6 is 0 Å². The largest absolute Gasteiger partial charge is 0.494 e. The molecule has 0 bridgehead atoms. The lowest BCUT2D eigenvalue weighted by molar-refractivity contribution is -0.117. The fourth-order valence-corrected chi connectivity index (χ4v) is 4.01. The van der Waals surface area contributed by atoms with Gasteiger partial charge in [-0.3, -0.25) is 14.3 Å². The quantitative estimate of drug-likeness (QED) is 0.285. The fourth-order valence-electron chi connectivity index (χ4n) is 3.55. The van der Waals surface area contributed by atoms with Gasteiger partial charge >= 0.3 is 0 Å². The molecule has 1 fully saturated rings. The molecule has 0 aliphatic heterocycles. The molecule has 1 aliphatic carbocycles. The standard InChI is InChI=1S/C23H28N8O5S/c1-24-23(33)20-18(11-19(29-30-20)28-22(32)14-7-8-14)27-17-6-4-5-16(21(17)36-2)15-12-25-31(13-15)10-9-26-37(3,34)35/h4-6,11-14,26H,7-10H2,1-3H3,(H,24,33)(H2,27,28,29,32)/i1D3. The van der Waals surface area contributed by atoms with Crippen LogP contribution < -0.4 is 25.4 Å². The number of nitrogens with zero attached hydrogens (tertiary/aromatic N) is 4. The summed E-state index contributed by atoms with van der Waals surface area (Å²) in [7, 11) is -1.87. The summed E-state index contributed by atoms with van der Waals surface area (Å²) in [5.74, 6) is -0.850. The Kier molecular flexibility index (Phi) is 6.55. The van der Waals surface area contributed by atoms with Crippen LogP contribution in [0.5, 0.6) is 5.75 Å². The molecule has 0 radical (unpaired) electrons. The van der Waals surface area contributed by atoms with Crippen LogP contribution in [0.25, 0.3) is 11.1 Å². The number of para-hydroxylation sites is 1. The highest BCUT2D eigenvalue weighted by Crippen LogP contribution is 2.38. The molecule has 2 heterocycles. The molecule has 1 aliphatic rings. The van der Waals surface area contributed by atoms with E-state index < -0.39 is 22.9 Å². The van der Waals surface area contributed by atoms with E-state index in [0.29, 0.717) is 29.1 Å². The molecule has 0 unspecified atom stereocenters. The molecule has 0 saturated heterocycles. The number of hydrogen-bond acceptors (Lipinski definition) is 9. The van der Waals surface area contributed by atoms with Crippen LogP contribution in [0.4, 0.5) is 17.2 Å². The summed E-state index contributed by atoms with van der Waals surface area (Å²) in [6, 6.07) is 6.58. The van der Waals surface area contributed by atoms with Gasteiger partial charge in [-0.1, -0.05) is 12.1 Å². The Morgan fingerprint density at radius 2 is 2.05 bits per heavy atom. The summed E-state index contributed by atoms with van der Waals surface area (Å²) in [5, 5.41) is 19.6. The highest BCUT2D eigenvalue weighted by atomic mass is 32.2. The molecule has 196 valence electrons. The van der Waals surface area contributed by atoms with Crippen LogP contribution in [0.15, 0.2) is 36.7 Å². The van der Waals surface area contributed by atoms with Crippen LogP contribution in [-0.2, 0) is 21.4 Å². The zero-order valence-corrected chi connectivity index (χ0v) is 20.9. The number of ether oxygens (including phenoxy) is 1. The maximum atomic E-state index is 12.7. The number of anilines is 3. The van der Waals surface area contributed by atoms with Crippen molar-refractivity contribution in [1.29, 1.82) is 0 Å². The summed E-state index contributed by atoms with van der Waals surface area (Å²) in [6.45, 7) is -2.30. The van der Waals surface area contributed by atoms with Crippen LogP contribution in [0.3, 0.4) is 0 Å². The molecular weight excluding hydrogens is 500 g/mol. The van der Waals surface area contributed by atoms with Gasteiger partial charge in [0.1, 0.15) is 5.75 Å². The lowest BCUT2D eigenvalue weighted by atomic mass is 10.1. The smallest absolute Gasteiger partial charge is 0.273 e. The van der Waals surface area contributed by atoms with E-state index in [0.717, 1.165) is 19.1 Å². The molecule has 3 aromatic rings. The van der Waals surface area contributed by atoms with Gasteiger partial charge in [-0.2, -0.15) is 5.10 Å². The van der Waals surface area contributed by atoms with Gasteiger partial charge in [-0.25, -0.2) is 13.1 Å². The average molecular weight is 532 g/mol. The summed E-state index contributed by atoms with van der Waals surface area (Å²) in [6.07, 6.45) is 5.94. The van der Waals surface area contributed by atoms with Gasteiger partial charge < -0.3 is 20.7 Å². The van der Waals surface area contributed by atoms with Crippen molar-refractivity contribution in [2.24, 2.45) is 5.92 Å². The minimum absolute atomic E-state index is 0.0841. The van der Waals surface area contributed by atoms with E-state index in [1.807, 2.05) is 5.32 Å². The third-order valence-electron chi connectivity index (χ3n) is 5.46. The second kappa shape index (κ2) is 10.9. The Balaban J connectivity index is 1.64. The lowest BCUT2D eigenvalue weighted by Gasteiger charge is -2.16. The number of methoxy groups -OCH3 is 1. The highest BCUT2D eigenvalue weighted by molar-refractivity contribution is 7.88. The number of hydrogen-bond donors (Lipinski definition) is 4. The second-order valence-electron chi connectivity index (χ2n) is 8.38. The van der Waals surface area contributed by atoms with Crippen molar-refractivity contribution in [3.8, 4) is 16.9 Å². The van der Waals surface area contributed by atoms with E-state index >= 15 is 0 Å². The molecule has 0 atom stereocenters. The van der Waals surface area contributed by atoms with Crippen LogP contribution in [0, 0.1) is 5.92 Å². The average Bonchev–Trinajstić information content (AvgIpc) is 3.61. The first kappa shape index (κ1) is 22.2. The Bertz CT molecular complexity index is 1520. The van der Waals surface area contributed by atoms with Gasteiger partial charge in [0.25, 0.3) is 5.91 Å². The Labute approximate surface area is 218 Å². The topological polar surface area (TPSA) is 169 Å². The summed E-state index contributed by atoms with van der Waals surface area (Å²) >= 11 is 0. The van der Waals surface area contributed by atoms with E-state index in [2.05, 4.69) is 30.7 Å².